The molecule has 0 aromatic heterocycles. The summed E-state index contributed by atoms with van der Waals surface area (Å²) in [5.41, 5.74) is 1.18. The van der Waals surface area contributed by atoms with E-state index < -0.39 is 0 Å². The van der Waals surface area contributed by atoms with Gasteiger partial charge in [0.05, 0.1) is 6.54 Å². The van der Waals surface area contributed by atoms with Gasteiger partial charge in [0.15, 0.2) is 0 Å². The average Bonchev–Trinajstić information content (AvgIpc) is 2.98. The minimum atomic E-state index is 0.172. The van der Waals surface area contributed by atoms with Crippen molar-refractivity contribution in [1.29, 1.82) is 0 Å². The van der Waals surface area contributed by atoms with Crippen molar-refractivity contribution in [1.82, 2.24) is 10.2 Å². The van der Waals surface area contributed by atoms with Gasteiger partial charge in [0.2, 0.25) is 5.91 Å². The van der Waals surface area contributed by atoms with Gasteiger partial charge in [-0.3, -0.25) is 4.79 Å². The molecular formula is C16H24N2OS. The highest BCUT2D eigenvalue weighted by atomic mass is 32.2. The Balaban J connectivity index is 1.77. The summed E-state index contributed by atoms with van der Waals surface area (Å²) in [5.74, 6) is 0.172. The van der Waals surface area contributed by atoms with Crippen LogP contribution in [0.4, 0.5) is 0 Å². The van der Waals surface area contributed by atoms with Crippen molar-refractivity contribution in [3.63, 3.8) is 0 Å². The van der Waals surface area contributed by atoms with Crippen molar-refractivity contribution in [2.24, 2.45) is 0 Å². The lowest BCUT2D eigenvalue weighted by atomic mass is 10.2. The zero-order valence-corrected chi connectivity index (χ0v) is 13.2. The van der Waals surface area contributed by atoms with Crippen molar-refractivity contribution < 1.29 is 4.79 Å². The second kappa shape index (κ2) is 7.70. The van der Waals surface area contributed by atoms with Gasteiger partial charge in [-0.2, -0.15) is 0 Å². The van der Waals surface area contributed by atoms with Crippen LogP contribution in [0.2, 0.25) is 0 Å². The molecule has 0 heterocycles. The van der Waals surface area contributed by atoms with Gasteiger partial charge in [0.1, 0.15) is 0 Å². The summed E-state index contributed by atoms with van der Waals surface area (Å²) in [6.45, 7) is 1.14. The van der Waals surface area contributed by atoms with Gasteiger partial charge in [-0.1, -0.05) is 25.0 Å². The third-order valence-corrected chi connectivity index (χ3v) is 4.65. The minimum Gasteiger partial charge on any atom is -0.340 e. The smallest absolute Gasteiger partial charge is 0.236 e. The number of hydrogen-bond acceptors (Lipinski definition) is 3. The fourth-order valence-electron chi connectivity index (χ4n) is 2.59. The first-order valence-electron chi connectivity index (χ1n) is 7.29. The summed E-state index contributed by atoms with van der Waals surface area (Å²) in [6, 6.07) is 8.96. The van der Waals surface area contributed by atoms with Crippen LogP contribution >= 0.6 is 11.8 Å². The standard InChI is InChI=1S/C16H24N2OS/c1-18(12-13-7-9-15(20-2)10-8-13)16(19)11-17-14-5-3-4-6-14/h7-10,14,17H,3-6,11-12H2,1-2H3. The molecule has 1 N–H and O–H groups in total. The largest absolute Gasteiger partial charge is 0.340 e. The molecule has 1 aromatic carbocycles. The van der Waals surface area contributed by atoms with E-state index in [0.717, 1.165) is 0 Å². The van der Waals surface area contributed by atoms with E-state index in [2.05, 4.69) is 35.8 Å². The normalized spacial score (nSPS) is 15.5. The molecule has 1 aliphatic carbocycles. The highest BCUT2D eigenvalue weighted by molar-refractivity contribution is 7.98. The number of nitrogens with zero attached hydrogens (tertiary/aromatic N) is 1. The number of carbonyl (C=O) groups excluding carboxylic acids is 1. The molecule has 0 bridgehead atoms. The Morgan fingerprint density at radius 3 is 2.55 bits per heavy atom. The summed E-state index contributed by atoms with van der Waals surface area (Å²) in [6.07, 6.45) is 7.09. The van der Waals surface area contributed by atoms with E-state index in [-0.39, 0.29) is 5.91 Å². The Hall–Kier alpha value is -1.00. The van der Waals surface area contributed by atoms with Crippen molar-refractivity contribution in [3.8, 4) is 0 Å². The second-order valence-electron chi connectivity index (χ2n) is 5.46. The number of likely N-dealkylation sites (N-methyl/N-ethyl adjacent to an activating group) is 1. The molecule has 1 fully saturated rings. The monoisotopic (exact) mass is 292 g/mol. The topological polar surface area (TPSA) is 32.3 Å². The first-order valence-corrected chi connectivity index (χ1v) is 8.52. The molecule has 110 valence electrons. The fraction of sp³-hybridized carbons (Fsp3) is 0.562. The predicted molar refractivity (Wildman–Crippen MR) is 85.0 cm³/mol. The van der Waals surface area contributed by atoms with Gasteiger partial charge in [0, 0.05) is 24.5 Å². The number of amides is 1. The highest BCUT2D eigenvalue weighted by Crippen LogP contribution is 2.17. The number of carbonyl (C=O) groups is 1. The molecule has 20 heavy (non-hydrogen) atoms. The molecule has 3 nitrogen and oxygen atoms in total. The number of benzene rings is 1. The molecule has 4 heteroatoms. The first-order chi connectivity index (χ1) is 9.69. The maximum absolute atomic E-state index is 12.1. The molecular weight excluding hydrogens is 268 g/mol. The van der Waals surface area contributed by atoms with E-state index in [4.69, 9.17) is 0 Å². The Morgan fingerprint density at radius 1 is 1.30 bits per heavy atom. The molecule has 0 spiro atoms. The van der Waals surface area contributed by atoms with Crippen molar-refractivity contribution in [2.45, 2.75) is 43.2 Å². The van der Waals surface area contributed by atoms with Crippen LogP contribution in [0.3, 0.4) is 0 Å². The van der Waals surface area contributed by atoms with Crippen LogP contribution in [0, 0.1) is 0 Å². The zero-order chi connectivity index (χ0) is 14.4. The molecule has 2 rings (SSSR count). The predicted octanol–water partition coefficient (Wildman–Crippen LogP) is 2.90. The van der Waals surface area contributed by atoms with E-state index in [1.165, 1.54) is 36.1 Å². The Morgan fingerprint density at radius 2 is 1.95 bits per heavy atom. The van der Waals surface area contributed by atoms with Crippen molar-refractivity contribution >= 4 is 17.7 Å². The number of rotatable bonds is 6. The van der Waals surface area contributed by atoms with Crippen LogP contribution in [-0.2, 0) is 11.3 Å². The van der Waals surface area contributed by atoms with Gasteiger partial charge >= 0.3 is 0 Å². The van der Waals surface area contributed by atoms with Crippen LogP contribution in [0.25, 0.3) is 0 Å². The lowest BCUT2D eigenvalue weighted by Crippen LogP contribution is -2.38. The summed E-state index contributed by atoms with van der Waals surface area (Å²) in [4.78, 5) is 15.1. The van der Waals surface area contributed by atoms with Crippen molar-refractivity contribution in [2.75, 3.05) is 19.8 Å². The molecule has 1 aromatic rings. The van der Waals surface area contributed by atoms with Gasteiger partial charge in [0.25, 0.3) is 0 Å². The Labute approximate surface area is 126 Å². The van der Waals surface area contributed by atoms with Gasteiger partial charge in [-0.05, 0) is 36.8 Å². The quantitative estimate of drug-likeness (QED) is 0.818. The van der Waals surface area contributed by atoms with Crippen LogP contribution in [0.15, 0.2) is 29.2 Å². The first kappa shape index (κ1) is 15.4. The van der Waals surface area contributed by atoms with Gasteiger partial charge < -0.3 is 10.2 Å². The number of nitrogens with one attached hydrogen (secondary N) is 1. The lowest BCUT2D eigenvalue weighted by Gasteiger charge is -2.19. The molecule has 0 unspecified atom stereocenters. The summed E-state index contributed by atoms with van der Waals surface area (Å²) >= 11 is 1.73. The molecule has 1 amide bonds. The van der Waals surface area contributed by atoms with E-state index >= 15 is 0 Å². The second-order valence-corrected chi connectivity index (χ2v) is 6.34. The van der Waals surface area contributed by atoms with E-state index in [1.807, 2.05) is 7.05 Å². The van der Waals surface area contributed by atoms with E-state index in [9.17, 15) is 4.79 Å². The Bertz CT molecular complexity index is 427. The molecule has 0 atom stereocenters. The fourth-order valence-corrected chi connectivity index (χ4v) is 3.00. The average molecular weight is 292 g/mol. The molecule has 0 aliphatic heterocycles. The van der Waals surface area contributed by atoms with E-state index in [0.29, 0.717) is 19.1 Å². The van der Waals surface area contributed by atoms with Crippen LogP contribution < -0.4 is 5.32 Å². The summed E-state index contributed by atoms with van der Waals surface area (Å²) in [5, 5.41) is 3.37. The van der Waals surface area contributed by atoms with Gasteiger partial charge in [-0.25, -0.2) is 0 Å². The van der Waals surface area contributed by atoms with Crippen molar-refractivity contribution in [3.05, 3.63) is 29.8 Å². The molecule has 0 radical (unpaired) electrons. The third-order valence-electron chi connectivity index (χ3n) is 3.90. The molecule has 0 saturated heterocycles. The maximum Gasteiger partial charge on any atom is 0.236 e. The Kier molecular flexibility index (Phi) is 5.92. The third kappa shape index (κ3) is 4.53. The SMILES string of the molecule is CSc1ccc(CN(C)C(=O)CNC2CCCC2)cc1. The van der Waals surface area contributed by atoms with Crippen LogP contribution in [0.5, 0.6) is 0 Å². The van der Waals surface area contributed by atoms with Crippen LogP contribution in [-0.4, -0.2) is 36.7 Å². The lowest BCUT2D eigenvalue weighted by molar-refractivity contribution is -0.129. The number of thioether (sulfide) groups is 1. The maximum atomic E-state index is 12.1. The zero-order valence-electron chi connectivity index (χ0n) is 12.4. The summed E-state index contributed by atoms with van der Waals surface area (Å²) in [7, 11) is 1.88. The van der Waals surface area contributed by atoms with Crippen LogP contribution in [0.1, 0.15) is 31.2 Å². The minimum absolute atomic E-state index is 0.172. The van der Waals surface area contributed by atoms with Gasteiger partial charge in [-0.15, -0.1) is 11.8 Å². The molecule has 1 aliphatic rings. The molecule has 1 saturated carbocycles. The highest BCUT2D eigenvalue weighted by Gasteiger charge is 2.16. The number of hydrogen-bond donors (Lipinski definition) is 1. The van der Waals surface area contributed by atoms with E-state index in [1.54, 1.807) is 16.7 Å². The summed E-state index contributed by atoms with van der Waals surface area (Å²) < 4.78 is 0.